The molecule has 0 spiro atoms. The molecule has 0 amide bonds. The van der Waals surface area contributed by atoms with E-state index in [2.05, 4.69) is 5.10 Å². The fourth-order valence-corrected chi connectivity index (χ4v) is 1.22. The number of aryl methyl sites for hydroxylation is 2. The molecule has 4 heteroatoms. The van der Waals surface area contributed by atoms with Gasteiger partial charge < -0.3 is 10.8 Å². The van der Waals surface area contributed by atoms with Crippen molar-refractivity contribution in [2.24, 2.45) is 12.8 Å². The first-order valence-electron chi connectivity index (χ1n) is 3.47. The molecule has 1 atom stereocenters. The SMILES string of the molecule is Cc1nn(C)c(C)c1C(N)O. The first-order valence-corrected chi connectivity index (χ1v) is 3.47. The Labute approximate surface area is 65.6 Å². The first kappa shape index (κ1) is 8.23. The van der Waals surface area contributed by atoms with Crippen molar-refractivity contribution in [3.63, 3.8) is 0 Å². The van der Waals surface area contributed by atoms with Crippen LogP contribution in [0.1, 0.15) is 23.2 Å². The number of hydrogen-bond acceptors (Lipinski definition) is 3. The largest absolute Gasteiger partial charge is 0.374 e. The summed E-state index contributed by atoms with van der Waals surface area (Å²) in [6.07, 6.45) is -0.913. The minimum Gasteiger partial charge on any atom is -0.374 e. The molecule has 0 saturated carbocycles. The molecule has 0 bridgehead atoms. The zero-order valence-electron chi connectivity index (χ0n) is 7.00. The summed E-state index contributed by atoms with van der Waals surface area (Å²) in [7, 11) is 1.83. The second-order valence-electron chi connectivity index (χ2n) is 2.65. The average Bonchev–Trinajstić information content (AvgIpc) is 2.07. The molecular formula is C7H13N3O. The van der Waals surface area contributed by atoms with Crippen LogP contribution in [0.5, 0.6) is 0 Å². The smallest absolute Gasteiger partial charge is 0.132 e. The predicted octanol–water partition coefficient (Wildman–Crippen LogP) is -0.0135. The van der Waals surface area contributed by atoms with E-state index in [9.17, 15) is 0 Å². The summed E-state index contributed by atoms with van der Waals surface area (Å²) >= 11 is 0. The molecule has 4 nitrogen and oxygen atoms in total. The molecule has 0 aliphatic rings. The number of aliphatic hydroxyl groups excluding tert-OH is 1. The lowest BCUT2D eigenvalue weighted by Crippen LogP contribution is -2.10. The summed E-state index contributed by atoms with van der Waals surface area (Å²) in [6, 6.07) is 0. The molecule has 0 aromatic carbocycles. The minimum absolute atomic E-state index is 0.729. The molecule has 0 aliphatic heterocycles. The Morgan fingerprint density at radius 3 is 2.27 bits per heavy atom. The van der Waals surface area contributed by atoms with Crippen LogP contribution in [0.4, 0.5) is 0 Å². The lowest BCUT2D eigenvalue weighted by atomic mass is 10.2. The van der Waals surface area contributed by atoms with E-state index in [1.165, 1.54) is 0 Å². The van der Waals surface area contributed by atoms with Crippen LogP contribution in [0, 0.1) is 13.8 Å². The van der Waals surface area contributed by atoms with Gasteiger partial charge in [0.25, 0.3) is 0 Å². The highest BCUT2D eigenvalue weighted by atomic mass is 16.3. The lowest BCUT2D eigenvalue weighted by Gasteiger charge is -2.03. The Balaban J connectivity index is 3.22. The van der Waals surface area contributed by atoms with E-state index in [-0.39, 0.29) is 0 Å². The van der Waals surface area contributed by atoms with Crippen LogP contribution in [0.2, 0.25) is 0 Å². The van der Waals surface area contributed by atoms with Crippen LogP contribution >= 0.6 is 0 Å². The molecule has 62 valence electrons. The molecule has 1 aromatic rings. The Morgan fingerprint density at radius 1 is 1.55 bits per heavy atom. The third-order valence-electron chi connectivity index (χ3n) is 1.86. The summed E-state index contributed by atoms with van der Waals surface area (Å²) in [6.45, 7) is 3.71. The number of nitrogens with two attached hydrogens (primary N) is 1. The minimum atomic E-state index is -0.913. The van der Waals surface area contributed by atoms with E-state index in [0.717, 1.165) is 17.0 Å². The molecule has 1 heterocycles. The summed E-state index contributed by atoms with van der Waals surface area (Å²) in [5.41, 5.74) is 7.77. The molecule has 1 unspecified atom stereocenters. The van der Waals surface area contributed by atoms with Gasteiger partial charge >= 0.3 is 0 Å². The van der Waals surface area contributed by atoms with Crippen molar-refractivity contribution in [1.82, 2.24) is 9.78 Å². The fourth-order valence-electron chi connectivity index (χ4n) is 1.22. The van der Waals surface area contributed by atoms with Crippen molar-refractivity contribution in [2.45, 2.75) is 20.1 Å². The summed E-state index contributed by atoms with van der Waals surface area (Å²) in [5.74, 6) is 0. The zero-order chi connectivity index (χ0) is 8.59. The maximum Gasteiger partial charge on any atom is 0.132 e. The van der Waals surface area contributed by atoms with Gasteiger partial charge in [0.15, 0.2) is 0 Å². The van der Waals surface area contributed by atoms with Crippen LogP contribution in [-0.4, -0.2) is 14.9 Å². The molecule has 0 saturated heterocycles. The van der Waals surface area contributed by atoms with Crippen LogP contribution in [0.3, 0.4) is 0 Å². The Morgan fingerprint density at radius 2 is 2.09 bits per heavy atom. The van der Waals surface area contributed by atoms with Gasteiger partial charge in [-0.1, -0.05) is 0 Å². The van der Waals surface area contributed by atoms with E-state index in [4.69, 9.17) is 10.8 Å². The second kappa shape index (κ2) is 2.64. The second-order valence-corrected chi connectivity index (χ2v) is 2.65. The number of rotatable bonds is 1. The number of nitrogens with zero attached hydrogens (tertiary/aromatic N) is 2. The van der Waals surface area contributed by atoms with Gasteiger partial charge in [0, 0.05) is 18.3 Å². The highest BCUT2D eigenvalue weighted by molar-refractivity contribution is 5.25. The average molecular weight is 155 g/mol. The highest BCUT2D eigenvalue weighted by Gasteiger charge is 2.13. The van der Waals surface area contributed by atoms with Gasteiger partial charge in [-0.3, -0.25) is 4.68 Å². The number of aromatic nitrogens is 2. The van der Waals surface area contributed by atoms with Crippen molar-refractivity contribution in [3.05, 3.63) is 17.0 Å². The Hall–Kier alpha value is -0.870. The Kier molecular flexibility index (Phi) is 1.97. The van der Waals surface area contributed by atoms with Crippen molar-refractivity contribution < 1.29 is 5.11 Å². The van der Waals surface area contributed by atoms with Crippen molar-refractivity contribution in [3.8, 4) is 0 Å². The van der Waals surface area contributed by atoms with Crippen LogP contribution in [0.15, 0.2) is 0 Å². The van der Waals surface area contributed by atoms with E-state index >= 15 is 0 Å². The quantitative estimate of drug-likeness (QED) is 0.560. The zero-order valence-corrected chi connectivity index (χ0v) is 7.00. The van der Waals surface area contributed by atoms with Crippen LogP contribution in [-0.2, 0) is 7.05 Å². The van der Waals surface area contributed by atoms with E-state index < -0.39 is 6.23 Å². The number of hydrogen-bond donors (Lipinski definition) is 2. The molecule has 1 aromatic heterocycles. The first-order chi connectivity index (χ1) is 5.04. The van der Waals surface area contributed by atoms with Gasteiger partial charge in [-0.2, -0.15) is 5.10 Å². The summed E-state index contributed by atoms with van der Waals surface area (Å²) in [4.78, 5) is 0. The van der Waals surface area contributed by atoms with E-state index in [0.29, 0.717) is 0 Å². The summed E-state index contributed by atoms with van der Waals surface area (Å²) < 4.78 is 1.71. The molecule has 11 heavy (non-hydrogen) atoms. The van der Waals surface area contributed by atoms with Gasteiger partial charge in [0.2, 0.25) is 0 Å². The predicted molar refractivity (Wildman–Crippen MR) is 41.8 cm³/mol. The fraction of sp³-hybridized carbons (Fsp3) is 0.571. The van der Waals surface area contributed by atoms with Crippen LogP contribution < -0.4 is 5.73 Å². The van der Waals surface area contributed by atoms with Gasteiger partial charge in [-0.15, -0.1) is 0 Å². The van der Waals surface area contributed by atoms with Crippen molar-refractivity contribution >= 4 is 0 Å². The molecule has 3 N–H and O–H groups in total. The van der Waals surface area contributed by atoms with Gasteiger partial charge in [0.05, 0.1) is 5.69 Å². The molecule has 0 fully saturated rings. The van der Waals surface area contributed by atoms with E-state index in [1.54, 1.807) is 4.68 Å². The van der Waals surface area contributed by atoms with Gasteiger partial charge in [-0.25, -0.2) is 0 Å². The van der Waals surface area contributed by atoms with Gasteiger partial charge in [0.1, 0.15) is 6.23 Å². The third kappa shape index (κ3) is 1.27. The van der Waals surface area contributed by atoms with Crippen molar-refractivity contribution in [2.75, 3.05) is 0 Å². The maximum atomic E-state index is 9.12. The highest BCUT2D eigenvalue weighted by Crippen LogP contribution is 2.16. The third-order valence-corrected chi connectivity index (χ3v) is 1.86. The number of aliphatic hydroxyl groups is 1. The van der Waals surface area contributed by atoms with E-state index in [1.807, 2.05) is 20.9 Å². The maximum absolute atomic E-state index is 9.12. The normalized spacial score (nSPS) is 13.5. The monoisotopic (exact) mass is 155 g/mol. The topological polar surface area (TPSA) is 64.1 Å². The molecule has 0 radical (unpaired) electrons. The molecule has 1 rings (SSSR count). The lowest BCUT2D eigenvalue weighted by molar-refractivity contribution is 0.184. The Bertz CT molecular complexity index is 265. The molecule has 0 aliphatic carbocycles. The van der Waals surface area contributed by atoms with Crippen molar-refractivity contribution in [1.29, 1.82) is 0 Å². The standard InChI is InChI=1S/C7H13N3O/c1-4-6(7(8)11)5(2)10(3)9-4/h7,11H,8H2,1-3H3. The summed E-state index contributed by atoms with van der Waals surface area (Å²) in [5, 5.41) is 13.2. The molecular weight excluding hydrogens is 142 g/mol. The van der Waals surface area contributed by atoms with Crippen LogP contribution in [0.25, 0.3) is 0 Å². The van der Waals surface area contributed by atoms with Gasteiger partial charge in [-0.05, 0) is 13.8 Å².